The summed E-state index contributed by atoms with van der Waals surface area (Å²) in [5.41, 5.74) is 4.00. The van der Waals surface area contributed by atoms with Crippen LogP contribution >= 0.6 is 11.6 Å². The van der Waals surface area contributed by atoms with Crippen LogP contribution in [0, 0.1) is 0 Å². The number of hydrogen-bond acceptors (Lipinski definition) is 4. The third-order valence-corrected chi connectivity index (χ3v) is 4.19. The molecule has 0 aliphatic heterocycles. The van der Waals surface area contributed by atoms with Gasteiger partial charge in [0.25, 0.3) is 0 Å². The second kappa shape index (κ2) is 5.69. The van der Waals surface area contributed by atoms with E-state index in [2.05, 4.69) is 9.97 Å². The van der Waals surface area contributed by atoms with Gasteiger partial charge in [-0.1, -0.05) is 23.7 Å². The van der Waals surface area contributed by atoms with E-state index in [1.54, 1.807) is 14.2 Å². The highest BCUT2D eigenvalue weighted by atomic mass is 35.5. The Labute approximate surface area is 143 Å². The third-order valence-electron chi connectivity index (χ3n) is 3.93. The molecule has 0 N–H and O–H groups in total. The minimum atomic E-state index is 0.368. The summed E-state index contributed by atoms with van der Waals surface area (Å²) in [5, 5.41) is 0.368. The van der Waals surface area contributed by atoms with Gasteiger partial charge in [0.15, 0.2) is 10.8 Å². The standard InChI is InChI=1S/C18H14ClN3O2/c1-23-11-7-8-12(16(9-11)24-2)14-10-22-15-6-4-3-5-13(15)20-17(19)18(22)21-14/h3-10H,1-2H3. The number of aromatic nitrogens is 3. The van der Waals surface area contributed by atoms with E-state index in [0.29, 0.717) is 16.5 Å². The van der Waals surface area contributed by atoms with E-state index in [9.17, 15) is 0 Å². The normalized spacial score (nSPS) is 11.1. The fourth-order valence-electron chi connectivity index (χ4n) is 2.77. The molecule has 0 radical (unpaired) electrons. The minimum absolute atomic E-state index is 0.368. The van der Waals surface area contributed by atoms with Crippen molar-refractivity contribution < 1.29 is 9.47 Å². The summed E-state index contributed by atoms with van der Waals surface area (Å²) in [6, 6.07) is 13.4. The maximum atomic E-state index is 6.31. The molecule has 4 rings (SSSR count). The van der Waals surface area contributed by atoms with Crippen molar-refractivity contribution in [2.24, 2.45) is 0 Å². The molecule has 0 spiro atoms. The lowest BCUT2D eigenvalue weighted by Crippen LogP contribution is -1.91. The van der Waals surface area contributed by atoms with Crippen molar-refractivity contribution in [1.29, 1.82) is 0 Å². The highest BCUT2D eigenvalue weighted by molar-refractivity contribution is 6.32. The lowest BCUT2D eigenvalue weighted by Gasteiger charge is -2.08. The molecule has 0 unspecified atom stereocenters. The van der Waals surface area contributed by atoms with E-state index < -0.39 is 0 Å². The molecule has 2 heterocycles. The molecule has 0 amide bonds. The number of nitrogens with zero attached hydrogens (tertiary/aromatic N) is 3. The molecule has 2 aromatic heterocycles. The number of rotatable bonds is 3. The van der Waals surface area contributed by atoms with Crippen molar-refractivity contribution in [1.82, 2.24) is 14.4 Å². The predicted octanol–water partition coefficient (Wildman–Crippen LogP) is 4.22. The van der Waals surface area contributed by atoms with Gasteiger partial charge in [0.05, 0.1) is 30.9 Å². The van der Waals surface area contributed by atoms with Crippen molar-refractivity contribution >= 4 is 28.3 Å². The van der Waals surface area contributed by atoms with Crippen LogP contribution in [0.3, 0.4) is 0 Å². The smallest absolute Gasteiger partial charge is 0.175 e. The van der Waals surface area contributed by atoms with Crippen LogP contribution in [0.25, 0.3) is 27.9 Å². The average molecular weight is 340 g/mol. The van der Waals surface area contributed by atoms with Crippen LogP contribution < -0.4 is 9.47 Å². The topological polar surface area (TPSA) is 48.7 Å². The molecule has 0 saturated heterocycles. The number of imidazole rings is 1. The maximum absolute atomic E-state index is 6.31. The maximum Gasteiger partial charge on any atom is 0.175 e. The number of halogens is 1. The number of para-hydroxylation sites is 2. The Hall–Kier alpha value is -2.79. The van der Waals surface area contributed by atoms with E-state index in [-0.39, 0.29) is 0 Å². The summed E-state index contributed by atoms with van der Waals surface area (Å²) in [4.78, 5) is 9.06. The van der Waals surface area contributed by atoms with E-state index >= 15 is 0 Å². The number of ether oxygens (including phenoxy) is 2. The molecule has 0 aliphatic rings. The first-order valence-electron chi connectivity index (χ1n) is 7.37. The first kappa shape index (κ1) is 14.8. The van der Waals surface area contributed by atoms with Crippen LogP contribution in [0.5, 0.6) is 11.5 Å². The summed E-state index contributed by atoms with van der Waals surface area (Å²) in [7, 11) is 3.24. The van der Waals surface area contributed by atoms with Crippen LogP contribution in [0.1, 0.15) is 0 Å². The molecule has 120 valence electrons. The fourth-order valence-corrected chi connectivity index (χ4v) is 2.99. The zero-order valence-electron chi connectivity index (χ0n) is 13.2. The monoisotopic (exact) mass is 339 g/mol. The van der Waals surface area contributed by atoms with Gasteiger partial charge in [0.2, 0.25) is 0 Å². The van der Waals surface area contributed by atoms with Crippen LogP contribution in [0.2, 0.25) is 5.15 Å². The molecule has 0 bridgehead atoms. The molecule has 2 aromatic carbocycles. The molecule has 24 heavy (non-hydrogen) atoms. The van der Waals surface area contributed by atoms with Crippen molar-refractivity contribution in [3.63, 3.8) is 0 Å². The number of methoxy groups -OCH3 is 2. The van der Waals surface area contributed by atoms with E-state index in [4.69, 9.17) is 21.1 Å². The van der Waals surface area contributed by atoms with Gasteiger partial charge in [0.1, 0.15) is 11.5 Å². The SMILES string of the molecule is COc1ccc(-c2cn3c(n2)c(Cl)nc2ccccc23)c(OC)c1. The molecule has 4 aromatic rings. The quantitative estimate of drug-likeness (QED) is 0.560. The molecule has 6 heteroatoms. The van der Waals surface area contributed by atoms with Crippen LogP contribution in [-0.4, -0.2) is 28.6 Å². The molecular weight excluding hydrogens is 326 g/mol. The van der Waals surface area contributed by atoms with Gasteiger partial charge < -0.3 is 9.47 Å². The van der Waals surface area contributed by atoms with Crippen molar-refractivity contribution in [2.45, 2.75) is 0 Å². The van der Waals surface area contributed by atoms with Crippen LogP contribution in [0.4, 0.5) is 0 Å². The predicted molar refractivity (Wildman–Crippen MR) is 94.0 cm³/mol. The highest BCUT2D eigenvalue weighted by Gasteiger charge is 2.15. The Morgan fingerprint density at radius 1 is 1.00 bits per heavy atom. The molecule has 5 nitrogen and oxygen atoms in total. The first-order chi connectivity index (χ1) is 11.7. The van der Waals surface area contributed by atoms with Crippen molar-refractivity contribution in [3.8, 4) is 22.8 Å². The van der Waals surface area contributed by atoms with Gasteiger partial charge in [-0.25, -0.2) is 9.97 Å². The van der Waals surface area contributed by atoms with Crippen LogP contribution in [-0.2, 0) is 0 Å². The molecule has 0 fully saturated rings. The van der Waals surface area contributed by atoms with Crippen molar-refractivity contribution in [2.75, 3.05) is 14.2 Å². The average Bonchev–Trinajstić information content (AvgIpc) is 3.07. The van der Waals surface area contributed by atoms with E-state index in [1.165, 1.54) is 0 Å². The van der Waals surface area contributed by atoms with E-state index in [0.717, 1.165) is 28.0 Å². The summed E-state index contributed by atoms with van der Waals surface area (Å²) >= 11 is 6.31. The molecule has 0 atom stereocenters. The largest absolute Gasteiger partial charge is 0.497 e. The molecule has 0 aliphatic carbocycles. The summed E-state index contributed by atoms with van der Waals surface area (Å²) in [6.07, 6.45) is 1.94. The van der Waals surface area contributed by atoms with Gasteiger partial charge in [0, 0.05) is 17.8 Å². The minimum Gasteiger partial charge on any atom is -0.497 e. The lowest BCUT2D eigenvalue weighted by molar-refractivity contribution is 0.395. The second-order valence-corrected chi connectivity index (χ2v) is 5.64. The Kier molecular flexibility index (Phi) is 3.50. The lowest BCUT2D eigenvalue weighted by atomic mass is 10.1. The van der Waals surface area contributed by atoms with E-state index in [1.807, 2.05) is 53.1 Å². The zero-order chi connectivity index (χ0) is 16.7. The van der Waals surface area contributed by atoms with Crippen molar-refractivity contribution in [3.05, 3.63) is 53.8 Å². The number of benzene rings is 2. The van der Waals surface area contributed by atoms with Gasteiger partial charge in [-0.15, -0.1) is 0 Å². The summed E-state index contributed by atoms with van der Waals surface area (Å²) in [5.74, 6) is 1.41. The number of fused-ring (bicyclic) bond motifs is 3. The Balaban J connectivity index is 1.99. The van der Waals surface area contributed by atoms with Gasteiger partial charge in [-0.3, -0.25) is 4.40 Å². The summed E-state index contributed by atoms with van der Waals surface area (Å²) < 4.78 is 12.7. The summed E-state index contributed by atoms with van der Waals surface area (Å²) in [6.45, 7) is 0. The van der Waals surface area contributed by atoms with Crippen LogP contribution in [0.15, 0.2) is 48.7 Å². The molecule has 0 saturated carbocycles. The first-order valence-corrected chi connectivity index (χ1v) is 7.75. The van der Waals surface area contributed by atoms with Gasteiger partial charge in [-0.05, 0) is 24.3 Å². The highest BCUT2D eigenvalue weighted by Crippen LogP contribution is 2.34. The fraction of sp³-hybridized carbons (Fsp3) is 0.111. The third kappa shape index (κ3) is 2.25. The second-order valence-electron chi connectivity index (χ2n) is 5.28. The Bertz CT molecular complexity index is 1060. The Morgan fingerprint density at radius 2 is 1.83 bits per heavy atom. The number of hydrogen-bond donors (Lipinski definition) is 0. The molecular formula is C18H14ClN3O2. The van der Waals surface area contributed by atoms with Gasteiger partial charge >= 0.3 is 0 Å². The Morgan fingerprint density at radius 3 is 2.62 bits per heavy atom. The zero-order valence-corrected chi connectivity index (χ0v) is 13.9. The van der Waals surface area contributed by atoms with Gasteiger partial charge in [-0.2, -0.15) is 0 Å².